The van der Waals surface area contributed by atoms with Crippen LogP contribution in [-0.2, 0) is 0 Å². The van der Waals surface area contributed by atoms with Crippen molar-refractivity contribution in [3.05, 3.63) is 0 Å². The van der Waals surface area contributed by atoms with Crippen molar-refractivity contribution in [2.75, 3.05) is 0 Å². The monoisotopic (exact) mass is 492 g/mol. The quantitative estimate of drug-likeness (QED) is 0.132. The molecule has 0 aromatic rings. The van der Waals surface area contributed by atoms with Crippen LogP contribution in [0.25, 0.3) is 0 Å². The molecule has 0 bridgehead atoms. The van der Waals surface area contributed by atoms with Crippen LogP contribution < -0.4 is 0 Å². The molecule has 0 aromatic heterocycles. The van der Waals surface area contributed by atoms with E-state index in [9.17, 15) is 0 Å². The van der Waals surface area contributed by atoms with Crippen molar-refractivity contribution >= 4 is 45.2 Å². The molecule has 19 heavy (non-hydrogen) atoms. The van der Waals surface area contributed by atoms with Crippen LogP contribution in [0.2, 0.25) is 0 Å². The molecule has 0 amide bonds. The molecule has 0 nitrogen and oxygen atoms in total. The lowest BCUT2D eigenvalue weighted by atomic mass is 10.0. The summed E-state index contributed by atoms with van der Waals surface area (Å²) in [6, 6.07) is 0. The van der Waals surface area contributed by atoms with Crippen molar-refractivity contribution in [1.29, 1.82) is 0 Å². The highest BCUT2D eigenvalue weighted by molar-refractivity contribution is 14.1. The molecule has 0 saturated carbocycles. The van der Waals surface area contributed by atoms with Crippen LogP contribution in [0.3, 0.4) is 0 Å². The van der Waals surface area contributed by atoms with Gasteiger partial charge in [0.15, 0.2) is 0 Å². The van der Waals surface area contributed by atoms with Crippen LogP contribution in [0.5, 0.6) is 0 Å². The molecule has 0 aromatic carbocycles. The first kappa shape index (κ1) is 20.5. The van der Waals surface area contributed by atoms with Crippen LogP contribution >= 0.6 is 45.2 Å². The third kappa shape index (κ3) is 17.4. The Labute approximate surface area is 149 Å². The summed E-state index contributed by atoms with van der Waals surface area (Å²) in [5, 5.41) is 0. The topological polar surface area (TPSA) is 0 Å². The Balaban J connectivity index is 3.14. The maximum absolute atomic E-state index is 2.68. The van der Waals surface area contributed by atoms with Gasteiger partial charge in [-0.3, -0.25) is 0 Å². The van der Waals surface area contributed by atoms with E-state index in [1.807, 2.05) is 0 Å². The van der Waals surface area contributed by atoms with Crippen LogP contribution in [0.15, 0.2) is 0 Å². The fourth-order valence-electron chi connectivity index (χ4n) is 2.44. The molecule has 116 valence electrons. The van der Waals surface area contributed by atoms with Crippen molar-refractivity contribution in [1.82, 2.24) is 0 Å². The first-order valence-corrected chi connectivity index (χ1v) is 10.9. The van der Waals surface area contributed by atoms with Crippen molar-refractivity contribution in [3.8, 4) is 0 Å². The van der Waals surface area contributed by atoms with Gasteiger partial charge in [-0.2, -0.15) is 0 Å². The largest absolute Gasteiger partial charge is 0.0829 e. The van der Waals surface area contributed by atoms with Gasteiger partial charge in [-0.05, 0) is 19.3 Å². The Morgan fingerprint density at radius 3 is 1.53 bits per heavy atom. The Bertz CT molecular complexity index is 169. The molecule has 0 aliphatic rings. The van der Waals surface area contributed by atoms with Crippen LogP contribution in [-0.4, -0.2) is 7.85 Å². The second-order valence-electron chi connectivity index (χ2n) is 5.93. The van der Waals surface area contributed by atoms with Crippen LogP contribution in [0.1, 0.15) is 97.3 Å². The van der Waals surface area contributed by atoms with Gasteiger partial charge in [-0.1, -0.05) is 123 Å². The van der Waals surface area contributed by atoms with Gasteiger partial charge >= 0.3 is 0 Å². The highest BCUT2D eigenvalue weighted by Gasteiger charge is 2.03. The number of halogens is 2. The normalized spacial score (nSPS) is 14.5. The minimum atomic E-state index is 0.864. The van der Waals surface area contributed by atoms with Gasteiger partial charge in [0, 0.05) is 7.85 Å². The van der Waals surface area contributed by atoms with Crippen LogP contribution in [0.4, 0.5) is 0 Å². The van der Waals surface area contributed by atoms with Crippen molar-refractivity contribution < 1.29 is 0 Å². The van der Waals surface area contributed by atoms with Gasteiger partial charge in [0.25, 0.3) is 0 Å². The molecule has 2 heteroatoms. The molecule has 0 radical (unpaired) electrons. The molecular weight excluding hydrogens is 458 g/mol. The van der Waals surface area contributed by atoms with Crippen molar-refractivity contribution in [2.24, 2.45) is 0 Å². The van der Waals surface area contributed by atoms with E-state index >= 15 is 0 Å². The van der Waals surface area contributed by atoms with E-state index in [0.717, 1.165) is 7.85 Å². The van der Waals surface area contributed by atoms with Gasteiger partial charge in [0.1, 0.15) is 0 Å². The fourth-order valence-corrected chi connectivity index (χ4v) is 3.76. The average Bonchev–Trinajstić information content (AvgIpc) is 2.37. The number of unbranched alkanes of at least 4 members (excludes halogenated alkanes) is 8. The second kappa shape index (κ2) is 15.8. The van der Waals surface area contributed by atoms with Crippen molar-refractivity contribution in [3.63, 3.8) is 0 Å². The summed E-state index contributed by atoms with van der Waals surface area (Å²) < 4.78 is 1.80. The SMILES string of the molecule is CCCCCCCCC(I)CCCCCCC(C)I. The maximum Gasteiger partial charge on any atom is 0.0110 e. The predicted molar refractivity (Wildman–Crippen MR) is 107 cm³/mol. The first-order chi connectivity index (χ1) is 9.16. The Hall–Kier alpha value is 1.46. The minimum absolute atomic E-state index is 0.864. The minimum Gasteiger partial charge on any atom is -0.0829 e. The zero-order chi connectivity index (χ0) is 14.3. The van der Waals surface area contributed by atoms with E-state index in [4.69, 9.17) is 0 Å². The molecule has 2 unspecified atom stereocenters. The molecule has 0 spiro atoms. The predicted octanol–water partition coefficient (Wildman–Crippen LogP) is 7.70. The summed E-state index contributed by atoms with van der Waals surface area (Å²) in [5.74, 6) is 0. The molecule has 0 rings (SSSR count). The van der Waals surface area contributed by atoms with Gasteiger partial charge in [0.2, 0.25) is 0 Å². The smallest absolute Gasteiger partial charge is 0.0110 e. The lowest BCUT2D eigenvalue weighted by molar-refractivity contribution is 0.551. The summed E-state index contributed by atoms with van der Waals surface area (Å²) in [4.78, 5) is 0. The second-order valence-corrected chi connectivity index (χ2v) is 9.81. The van der Waals surface area contributed by atoms with E-state index in [2.05, 4.69) is 59.0 Å². The molecule has 2 atom stereocenters. The Morgan fingerprint density at radius 2 is 1.05 bits per heavy atom. The first-order valence-electron chi connectivity index (χ1n) is 8.45. The van der Waals surface area contributed by atoms with E-state index < -0.39 is 0 Å². The van der Waals surface area contributed by atoms with Gasteiger partial charge < -0.3 is 0 Å². The average molecular weight is 492 g/mol. The number of hydrogen-bond acceptors (Lipinski definition) is 0. The molecular formula is C17H34I2. The fraction of sp³-hybridized carbons (Fsp3) is 1.00. The standard InChI is InChI=1S/C17H34I2/c1-3-4-5-6-7-11-14-17(19)15-12-9-8-10-13-16(2)18/h16-17H,3-15H2,1-2H3. The summed E-state index contributed by atoms with van der Waals surface area (Å²) in [7, 11) is 0. The lowest BCUT2D eigenvalue weighted by Gasteiger charge is -2.09. The van der Waals surface area contributed by atoms with Crippen LogP contribution in [0, 0.1) is 0 Å². The van der Waals surface area contributed by atoms with E-state index in [1.54, 1.807) is 0 Å². The lowest BCUT2D eigenvalue weighted by Crippen LogP contribution is -1.98. The molecule has 0 N–H and O–H groups in total. The molecule has 0 saturated heterocycles. The third-order valence-electron chi connectivity index (χ3n) is 3.74. The highest BCUT2D eigenvalue weighted by Crippen LogP contribution is 2.20. The molecule has 0 fully saturated rings. The number of alkyl halides is 2. The van der Waals surface area contributed by atoms with Crippen molar-refractivity contribution in [2.45, 2.75) is 105 Å². The summed E-state index contributed by atoms with van der Waals surface area (Å²) in [6.07, 6.45) is 18.8. The van der Waals surface area contributed by atoms with E-state index in [-0.39, 0.29) is 0 Å². The zero-order valence-corrected chi connectivity index (χ0v) is 17.4. The number of rotatable bonds is 14. The molecule has 0 heterocycles. The molecule has 0 aliphatic carbocycles. The Kier molecular flexibility index (Phi) is 17.1. The number of hydrogen-bond donors (Lipinski definition) is 0. The maximum atomic E-state index is 2.68. The molecule has 0 aliphatic heterocycles. The van der Waals surface area contributed by atoms with E-state index in [0.29, 0.717) is 0 Å². The van der Waals surface area contributed by atoms with Gasteiger partial charge in [-0.25, -0.2) is 0 Å². The van der Waals surface area contributed by atoms with Gasteiger partial charge in [-0.15, -0.1) is 0 Å². The van der Waals surface area contributed by atoms with E-state index in [1.165, 1.54) is 83.5 Å². The van der Waals surface area contributed by atoms with Gasteiger partial charge in [0.05, 0.1) is 0 Å². The highest BCUT2D eigenvalue weighted by atomic mass is 127. The summed E-state index contributed by atoms with van der Waals surface area (Å²) >= 11 is 5.22. The summed E-state index contributed by atoms with van der Waals surface area (Å²) in [6.45, 7) is 4.61. The Morgan fingerprint density at radius 1 is 0.632 bits per heavy atom. The third-order valence-corrected chi connectivity index (χ3v) is 5.61. The summed E-state index contributed by atoms with van der Waals surface area (Å²) in [5.41, 5.74) is 0. The zero-order valence-electron chi connectivity index (χ0n) is 13.1.